The van der Waals surface area contributed by atoms with E-state index in [1.165, 1.54) is 24.0 Å². The highest BCUT2D eigenvalue weighted by Crippen LogP contribution is 2.23. The Labute approximate surface area is 141 Å². The van der Waals surface area contributed by atoms with Crippen LogP contribution in [0, 0.1) is 5.92 Å². The Morgan fingerprint density at radius 2 is 2.00 bits per heavy atom. The van der Waals surface area contributed by atoms with Crippen LogP contribution in [-0.4, -0.2) is 33.0 Å². The van der Waals surface area contributed by atoms with E-state index in [1.807, 2.05) is 18.2 Å². The third-order valence-electron chi connectivity index (χ3n) is 3.98. The van der Waals surface area contributed by atoms with Crippen LogP contribution in [0.2, 0.25) is 5.15 Å². The van der Waals surface area contributed by atoms with Crippen molar-refractivity contribution in [3.8, 4) is 0 Å². The van der Waals surface area contributed by atoms with Gasteiger partial charge in [0, 0.05) is 31.5 Å². The molecule has 1 N–H and O–H groups in total. The second-order valence-electron chi connectivity index (χ2n) is 5.60. The molecule has 3 rings (SSSR count). The normalized spacial score (nSPS) is 18.3. The van der Waals surface area contributed by atoms with Crippen molar-refractivity contribution in [1.29, 1.82) is 0 Å². The summed E-state index contributed by atoms with van der Waals surface area (Å²) in [7, 11) is -3.54. The summed E-state index contributed by atoms with van der Waals surface area (Å²) >= 11 is 5.68. The summed E-state index contributed by atoms with van der Waals surface area (Å²) < 4.78 is 27.2. The van der Waals surface area contributed by atoms with Crippen LogP contribution in [0.3, 0.4) is 0 Å². The van der Waals surface area contributed by atoms with E-state index in [9.17, 15) is 8.42 Å². The molecule has 1 atom stereocenters. The topological polar surface area (TPSA) is 62.3 Å². The number of hydrogen-bond acceptors (Lipinski definition) is 4. The smallest absolute Gasteiger partial charge is 0.242 e. The maximum Gasteiger partial charge on any atom is 0.242 e. The Kier molecular flexibility index (Phi) is 4.84. The average Bonchev–Trinajstić information content (AvgIpc) is 3.03. The van der Waals surface area contributed by atoms with Crippen LogP contribution in [0.5, 0.6) is 0 Å². The van der Waals surface area contributed by atoms with Crippen molar-refractivity contribution in [2.45, 2.75) is 11.3 Å². The highest BCUT2D eigenvalue weighted by Gasteiger charge is 2.24. The van der Waals surface area contributed by atoms with Gasteiger partial charge in [0.05, 0.1) is 0 Å². The zero-order chi connectivity index (χ0) is 16.3. The van der Waals surface area contributed by atoms with Gasteiger partial charge in [-0.15, -0.1) is 0 Å². The standard InChI is InChI=1S/C16H18ClN3O2S/c17-16-7-6-15(11-18-16)23(21,22)19-10-13-8-9-20(12-13)14-4-2-1-3-5-14/h1-7,11,13,19H,8-10,12H2/t13-/m1/s1. The molecule has 1 fully saturated rings. The molecule has 1 aliphatic rings. The molecule has 0 unspecified atom stereocenters. The van der Waals surface area contributed by atoms with Crippen LogP contribution in [-0.2, 0) is 10.0 Å². The number of nitrogens with one attached hydrogen (secondary N) is 1. The van der Waals surface area contributed by atoms with Crippen molar-refractivity contribution >= 4 is 27.3 Å². The fraction of sp³-hybridized carbons (Fsp3) is 0.312. The molecule has 0 aliphatic carbocycles. The van der Waals surface area contributed by atoms with Crippen molar-refractivity contribution in [2.24, 2.45) is 5.92 Å². The van der Waals surface area contributed by atoms with Crippen LogP contribution in [0.25, 0.3) is 0 Å². The molecule has 2 heterocycles. The van der Waals surface area contributed by atoms with E-state index in [0.29, 0.717) is 12.5 Å². The molecular formula is C16H18ClN3O2S. The van der Waals surface area contributed by atoms with Crippen LogP contribution < -0.4 is 9.62 Å². The van der Waals surface area contributed by atoms with Crippen molar-refractivity contribution < 1.29 is 8.42 Å². The van der Waals surface area contributed by atoms with E-state index < -0.39 is 10.0 Å². The second kappa shape index (κ2) is 6.86. The summed E-state index contributed by atoms with van der Waals surface area (Å²) in [6, 6.07) is 13.1. The Hall–Kier alpha value is -1.63. The summed E-state index contributed by atoms with van der Waals surface area (Å²) in [6.07, 6.45) is 2.24. The third kappa shape index (κ3) is 4.02. The van der Waals surface area contributed by atoms with E-state index in [-0.39, 0.29) is 10.0 Å². The predicted molar refractivity (Wildman–Crippen MR) is 91.2 cm³/mol. The van der Waals surface area contributed by atoms with E-state index in [2.05, 4.69) is 26.7 Å². The number of hydrogen-bond donors (Lipinski definition) is 1. The molecular weight excluding hydrogens is 334 g/mol. The molecule has 1 aliphatic heterocycles. The number of pyridine rings is 1. The number of para-hydroxylation sites is 1. The first-order valence-electron chi connectivity index (χ1n) is 7.46. The van der Waals surface area contributed by atoms with Crippen LogP contribution >= 0.6 is 11.6 Å². The molecule has 122 valence electrons. The molecule has 0 bridgehead atoms. The first kappa shape index (κ1) is 16.2. The van der Waals surface area contributed by atoms with Gasteiger partial charge in [-0.2, -0.15) is 0 Å². The third-order valence-corrected chi connectivity index (χ3v) is 5.61. The molecule has 7 heteroatoms. The van der Waals surface area contributed by atoms with E-state index >= 15 is 0 Å². The molecule has 23 heavy (non-hydrogen) atoms. The maximum atomic E-state index is 12.2. The quantitative estimate of drug-likeness (QED) is 0.841. The van der Waals surface area contributed by atoms with Gasteiger partial charge >= 0.3 is 0 Å². The van der Waals surface area contributed by atoms with Gasteiger partial charge in [-0.1, -0.05) is 29.8 Å². The molecule has 5 nitrogen and oxygen atoms in total. The van der Waals surface area contributed by atoms with E-state index in [1.54, 1.807) is 0 Å². The molecule has 0 amide bonds. The number of aromatic nitrogens is 1. The zero-order valence-electron chi connectivity index (χ0n) is 12.5. The van der Waals surface area contributed by atoms with Gasteiger partial charge in [0.2, 0.25) is 10.0 Å². The molecule has 1 aromatic carbocycles. The Morgan fingerprint density at radius 3 is 2.70 bits per heavy atom. The maximum absolute atomic E-state index is 12.2. The number of benzene rings is 1. The van der Waals surface area contributed by atoms with E-state index in [0.717, 1.165) is 19.5 Å². The van der Waals surface area contributed by atoms with Crippen molar-refractivity contribution in [2.75, 3.05) is 24.5 Å². The number of anilines is 1. The van der Waals surface area contributed by atoms with Gasteiger partial charge in [-0.05, 0) is 36.6 Å². The molecule has 1 aromatic heterocycles. The lowest BCUT2D eigenvalue weighted by atomic mass is 10.1. The van der Waals surface area contributed by atoms with Gasteiger partial charge in [-0.3, -0.25) is 0 Å². The number of sulfonamides is 1. The Balaban J connectivity index is 1.58. The Bertz CT molecular complexity index is 751. The predicted octanol–water partition coefficient (Wildman–Crippen LogP) is 2.54. The molecule has 0 radical (unpaired) electrons. The summed E-state index contributed by atoms with van der Waals surface area (Å²) in [4.78, 5) is 6.23. The van der Waals surface area contributed by atoms with Gasteiger partial charge in [0.25, 0.3) is 0 Å². The lowest BCUT2D eigenvalue weighted by molar-refractivity contribution is 0.541. The number of halogens is 1. The monoisotopic (exact) mass is 351 g/mol. The lowest BCUT2D eigenvalue weighted by Gasteiger charge is -2.18. The lowest BCUT2D eigenvalue weighted by Crippen LogP contribution is -2.31. The average molecular weight is 352 g/mol. The fourth-order valence-corrected chi connectivity index (χ4v) is 3.88. The number of nitrogens with zero attached hydrogens (tertiary/aromatic N) is 2. The minimum absolute atomic E-state index is 0.139. The minimum atomic E-state index is -3.54. The highest BCUT2D eigenvalue weighted by molar-refractivity contribution is 7.89. The van der Waals surface area contributed by atoms with Crippen molar-refractivity contribution in [3.63, 3.8) is 0 Å². The van der Waals surface area contributed by atoms with Gasteiger partial charge in [0.15, 0.2) is 0 Å². The largest absolute Gasteiger partial charge is 0.371 e. The summed E-state index contributed by atoms with van der Waals surface area (Å²) in [6.45, 7) is 2.22. The van der Waals surface area contributed by atoms with E-state index in [4.69, 9.17) is 11.6 Å². The zero-order valence-corrected chi connectivity index (χ0v) is 14.1. The highest BCUT2D eigenvalue weighted by atomic mass is 35.5. The second-order valence-corrected chi connectivity index (χ2v) is 7.76. The van der Waals surface area contributed by atoms with Crippen molar-refractivity contribution in [1.82, 2.24) is 9.71 Å². The molecule has 2 aromatic rings. The molecule has 0 saturated carbocycles. The van der Waals surface area contributed by atoms with Gasteiger partial charge in [0.1, 0.15) is 10.0 Å². The fourth-order valence-electron chi connectivity index (χ4n) is 2.70. The summed E-state index contributed by atoms with van der Waals surface area (Å²) in [5, 5.41) is 0.276. The first-order valence-corrected chi connectivity index (χ1v) is 9.32. The molecule has 1 saturated heterocycles. The number of rotatable bonds is 5. The van der Waals surface area contributed by atoms with Gasteiger partial charge in [-0.25, -0.2) is 18.1 Å². The van der Waals surface area contributed by atoms with Crippen LogP contribution in [0.4, 0.5) is 5.69 Å². The summed E-state index contributed by atoms with van der Waals surface area (Å²) in [5.41, 5.74) is 1.18. The summed E-state index contributed by atoms with van der Waals surface area (Å²) in [5.74, 6) is 0.297. The van der Waals surface area contributed by atoms with Gasteiger partial charge < -0.3 is 4.90 Å². The van der Waals surface area contributed by atoms with Crippen molar-refractivity contribution in [3.05, 3.63) is 53.8 Å². The minimum Gasteiger partial charge on any atom is -0.371 e. The first-order chi connectivity index (χ1) is 11.0. The Morgan fingerprint density at radius 1 is 1.22 bits per heavy atom. The molecule has 0 spiro atoms. The van der Waals surface area contributed by atoms with Crippen LogP contribution in [0.1, 0.15) is 6.42 Å². The van der Waals surface area contributed by atoms with Crippen LogP contribution in [0.15, 0.2) is 53.6 Å². The SMILES string of the molecule is O=S(=O)(NC[C@H]1CCN(c2ccccc2)C1)c1ccc(Cl)nc1.